The van der Waals surface area contributed by atoms with Gasteiger partial charge in [0.25, 0.3) is 0 Å². The minimum Gasteiger partial charge on any atom is -0.461 e. The predicted octanol–water partition coefficient (Wildman–Crippen LogP) is 3.26. The highest BCUT2D eigenvalue weighted by atomic mass is 16.5. The van der Waals surface area contributed by atoms with E-state index < -0.39 is 5.97 Å². The van der Waals surface area contributed by atoms with Gasteiger partial charge in [-0.25, -0.2) is 4.79 Å². The molecule has 2 fully saturated rings. The first-order valence-corrected chi connectivity index (χ1v) is 10.6. The van der Waals surface area contributed by atoms with Crippen LogP contribution in [-0.2, 0) is 9.53 Å². The van der Waals surface area contributed by atoms with Gasteiger partial charge in [0.05, 0.1) is 18.0 Å². The zero-order valence-electron chi connectivity index (χ0n) is 16.7. The van der Waals surface area contributed by atoms with Crippen molar-refractivity contribution >= 4 is 17.7 Å². The molecule has 0 atom stereocenters. The molecule has 2 aliphatic heterocycles. The van der Waals surface area contributed by atoms with Crippen LogP contribution in [0.25, 0.3) is 6.08 Å². The van der Waals surface area contributed by atoms with Crippen LogP contribution in [-0.4, -0.2) is 43.7 Å². The Morgan fingerprint density at radius 1 is 1.17 bits per heavy atom. The SMILES string of the molecule is N#C/C(C(=O)OCC1CCCCC1)=C1/Nc2ccccc2C=C1N1CCNCC1. The Morgan fingerprint density at radius 2 is 1.93 bits per heavy atom. The number of benzene rings is 1. The lowest BCUT2D eigenvalue weighted by Crippen LogP contribution is -2.44. The molecule has 1 aromatic rings. The zero-order chi connectivity index (χ0) is 20.1. The summed E-state index contributed by atoms with van der Waals surface area (Å²) in [6, 6.07) is 10.1. The Labute approximate surface area is 172 Å². The Morgan fingerprint density at radius 3 is 2.69 bits per heavy atom. The van der Waals surface area contributed by atoms with Gasteiger partial charge in [-0.1, -0.05) is 37.5 Å². The van der Waals surface area contributed by atoms with E-state index in [0.29, 0.717) is 18.2 Å². The summed E-state index contributed by atoms with van der Waals surface area (Å²) in [5.74, 6) is -0.109. The second-order valence-corrected chi connectivity index (χ2v) is 7.94. The van der Waals surface area contributed by atoms with E-state index in [1.54, 1.807) is 0 Å². The summed E-state index contributed by atoms with van der Waals surface area (Å²) < 4.78 is 5.59. The summed E-state index contributed by atoms with van der Waals surface area (Å²) >= 11 is 0. The molecule has 1 saturated heterocycles. The third kappa shape index (κ3) is 4.46. The summed E-state index contributed by atoms with van der Waals surface area (Å²) in [7, 11) is 0. The number of anilines is 1. The lowest BCUT2D eigenvalue weighted by molar-refractivity contribution is -0.140. The molecule has 0 amide bonds. The highest BCUT2D eigenvalue weighted by molar-refractivity contribution is 5.97. The van der Waals surface area contributed by atoms with Crippen LogP contribution in [0.5, 0.6) is 0 Å². The quantitative estimate of drug-likeness (QED) is 0.465. The molecule has 2 heterocycles. The molecule has 1 saturated carbocycles. The molecule has 1 aromatic carbocycles. The van der Waals surface area contributed by atoms with E-state index >= 15 is 0 Å². The molecule has 152 valence electrons. The van der Waals surface area contributed by atoms with E-state index in [0.717, 1.165) is 56.0 Å². The van der Waals surface area contributed by atoms with Gasteiger partial charge in [0.1, 0.15) is 6.07 Å². The van der Waals surface area contributed by atoms with Crippen LogP contribution < -0.4 is 10.6 Å². The molecule has 0 radical (unpaired) electrons. The first-order valence-electron chi connectivity index (χ1n) is 10.6. The normalized spacial score (nSPS) is 21.3. The van der Waals surface area contributed by atoms with Crippen molar-refractivity contribution in [2.24, 2.45) is 5.92 Å². The third-order valence-electron chi connectivity index (χ3n) is 5.97. The molecule has 6 nitrogen and oxygen atoms in total. The second-order valence-electron chi connectivity index (χ2n) is 7.94. The number of nitrogens with one attached hydrogen (secondary N) is 2. The summed E-state index contributed by atoms with van der Waals surface area (Å²) in [4.78, 5) is 15.1. The van der Waals surface area contributed by atoms with Crippen molar-refractivity contribution in [1.82, 2.24) is 10.2 Å². The highest BCUT2D eigenvalue weighted by Crippen LogP contribution is 2.33. The van der Waals surface area contributed by atoms with Crippen LogP contribution in [0.15, 0.2) is 41.2 Å². The first kappa shape index (κ1) is 19.5. The maximum atomic E-state index is 12.9. The zero-order valence-corrected chi connectivity index (χ0v) is 16.7. The van der Waals surface area contributed by atoms with Crippen LogP contribution in [0.1, 0.15) is 37.7 Å². The molecule has 0 spiro atoms. The van der Waals surface area contributed by atoms with Gasteiger partial charge in [0, 0.05) is 37.4 Å². The van der Waals surface area contributed by atoms with Gasteiger partial charge in [0.15, 0.2) is 5.57 Å². The molecule has 2 N–H and O–H groups in total. The van der Waals surface area contributed by atoms with Crippen molar-refractivity contribution in [3.63, 3.8) is 0 Å². The van der Waals surface area contributed by atoms with Crippen LogP contribution >= 0.6 is 0 Å². The van der Waals surface area contributed by atoms with Gasteiger partial charge in [0.2, 0.25) is 0 Å². The molecule has 1 aliphatic carbocycles. The monoisotopic (exact) mass is 392 g/mol. The molecule has 0 bridgehead atoms. The van der Waals surface area contributed by atoms with Crippen molar-refractivity contribution in [2.75, 3.05) is 38.1 Å². The minimum absolute atomic E-state index is 0.0556. The average molecular weight is 393 g/mol. The van der Waals surface area contributed by atoms with Crippen molar-refractivity contribution < 1.29 is 9.53 Å². The maximum Gasteiger partial charge on any atom is 0.351 e. The fourth-order valence-corrected chi connectivity index (χ4v) is 4.32. The molecular formula is C23H28N4O2. The number of para-hydroxylation sites is 1. The summed E-state index contributed by atoms with van der Waals surface area (Å²) in [6.07, 6.45) is 7.93. The number of ether oxygens (including phenoxy) is 1. The number of piperazine rings is 1. The molecule has 0 unspecified atom stereocenters. The number of carbonyl (C=O) groups is 1. The van der Waals surface area contributed by atoms with E-state index in [1.165, 1.54) is 19.3 Å². The van der Waals surface area contributed by atoms with E-state index in [2.05, 4.69) is 27.7 Å². The van der Waals surface area contributed by atoms with Crippen LogP contribution in [0, 0.1) is 17.2 Å². The number of nitrogens with zero attached hydrogens (tertiary/aromatic N) is 2. The fraction of sp³-hybridized carbons (Fsp3) is 0.478. The number of rotatable bonds is 4. The number of nitriles is 1. The lowest BCUT2D eigenvalue weighted by Gasteiger charge is -2.35. The van der Waals surface area contributed by atoms with E-state index in [-0.39, 0.29) is 5.57 Å². The molecule has 4 rings (SSSR count). The van der Waals surface area contributed by atoms with E-state index in [1.807, 2.05) is 24.3 Å². The lowest BCUT2D eigenvalue weighted by atomic mass is 9.90. The van der Waals surface area contributed by atoms with E-state index in [9.17, 15) is 10.1 Å². The van der Waals surface area contributed by atoms with Crippen LogP contribution in [0.2, 0.25) is 0 Å². The summed E-state index contributed by atoms with van der Waals surface area (Å²) in [5, 5.41) is 16.5. The average Bonchev–Trinajstić information content (AvgIpc) is 2.79. The molecule has 0 aromatic heterocycles. The number of hydrogen-bond donors (Lipinski definition) is 2. The fourth-order valence-electron chi connectivity index (χ4n) is 4.32. The van der Waals surface area contributed by atoms with Crippen molar-refractivity contribution in [3.8, 4) is 6.07 Å². The summed E-state index contributed by atoms with van der Waals surface area (Å²) in [5.41, 5.74) is 3.45. The summed E-state index contributed by atoms with van der Waals surface area (Å²) in [6.45, 7) is 3.81. The largest absolute Gasteiger partial charge is 0.461 e. The Balaban J connectivity index is 1.61. The van der Waals surface area contributed by atoms with E-state index in [4.69, 9.17) is 4.74 Å². The van der Waals surface area contributed by atoms with Gasteiger partial charge in [-0.2, -0.15) is 5.26 Å². The smallest absolute Gasteiger partial charge is 0.351 e. The predicted molar refractivity (Wildman–Crippen MR) is 113 cm³/mol. The standard InChI is InChI=1S/C23H28N4O2/c24-15-19(23(28)29-16-17-6-2-1-3-7-17)22-21(27-12-10-25-11-13-27)14-18-8-4-5-9-20(18)26-22/h4-5,8-9,14,17,25-26H,1-3,6-7,10-13,16H2/b22-19-. The highest BCUT2D eigenvalue weighted by Gasteiger charge is 2.28. The Hall–Kier alpha value is -2.78. The molecule has 6 heteroatoms. The minimum atomic E-state index is -0.527. The molecule has 3 aliphatic rings. The van der Waals surface area contributed by atoms with Crippen molar-refractivity contribution in [1.29, 1.82) is 5.26 Å². The number of carbonyl (C=O) groups excluding carboxylic acids is 1. The van der Waals surface area contributed by atoms with Gasteiger partial charge in [-0.3, -0.25) is 0 Å². The van der Waals surface area contributed by atoms with Gasteiger partial charge < -0.3 is 20.3 Å². The number of esters is 1. The van der Waals surface area contributed by atoms with Crippen LogP contribution in [0.3, 0.4) is 0 Å². The van der Waals surface area contributed by atoms with Gasteiger partial charge >= 0.3 is 5.97 Å². The third-order valence-corrected chi connectivity index (χ3v) is 5.97. The van der Waals surface area contributed by atoms with Gasteiger partial charge in [-0.05, 0) is 30.9 Å². The number of hydrogen-bond acceptors (Lipinski definition) is 6. The van der Waals surface area contributed by atoms with Crippen molar-refractivity contribution in [3.05, 3.63) is 46.8 Å². The Bertz CT molecular complexity index is 856. The molecule has 29 heavy (non-hydrogen) atoms. The van der Waals surface area contributed by atoms with Gasteiger partial charge in [-0.15, -0.1) is 0 Å². The topological polar surface area (TPSA) is 77.4 Å². The molecular weight excluding hydrogens is 364 g/mol. The maximum absolute atomic E-state index is 12.9. The Kier molecular flexibility index (Phi) is 6.16. The second kappa shape index (κ2) is 9.15. The van der Waals surface area contributed by atoms with Crippen LogP contribution in [0.4, 0.5) is 5.69 Å². The van der Waals surface area contributed by atoms with Crippen molar-refractivity contribution in [2.45, 2.75) is 32.1 Å². The first-order chi connectivity index (χ1) is 14.3. The number of fused-ring (bicyclic) bond motifs is 1.